The summed E-state index contributed by atoms with van der Waals surface area (Å²) in [6, 6.07) is -0.341. The topological polar surface area (TPSA) is 92.9 Å². The number of nitrogens with two attached hydrogens (primary N) is 1. The van der Waals surface area contributed by atoms with Gasteiger partial charge in [-0.05, 0) is 38.1 Å². The van der Waals surface area contributed by atoms with E-state index in [1.165, 1.54) is 0 Å². The molecule has 6 nitrogen and oxygen atoms in total. The highest BCUT2D eigenvalue weighted by molar-refractivity contribution is 5.80. The van der Waals surface area contributed by atoms with Crippen LogP contribution in [0.15, 0.2) is 0 Å². The number of hydrogen-bond donors (Lipinski definition) is 2. The van der Waals surface area contributed by atoms with Gasteiger partial charge in [-0.2, -0.15) is 0 Å². The van der Waals surface area contributed by atoms with E-state index in [4.69, 9.17) is 15.6 Å². The summed E-state index contributed by atoms with van der Waals surface area (Å²) in [6.45, 7) is 1.20. The molecule has 2 rings (SSSR count). The Morgan fingerprint density at radius 2 is 1.90 bits per heavy atom. The molecule has 20 heavy (non-hydrogen) atoms. The lowest BCUT2D eigenvalue weighted by molar-refractivity contribution is -0.145. The maximum absolute atomic E-state index is 12.5. The smallest absolute Gasteiger partial charge is 0.311 e. The van der Waals surface area contributed by atoms with Crippen molar-refractivity contribution in [1.82, 2.24) is 4.90 Å². The molecule has 0 spiro atoms. The molecule has 2 aliphatic rings. The molecule has 2 fully saturated rings. The van der Waals surface area contributed by atoms with Crippen molar-refractivity contribution in [2.75, 3.05) is 26.8 Å². The van der Waals surface area contributed by atoms with Crippen LogP contribution in [-0.4, -0.2) is 54.7 Å². The van der Waals surface area contributed by atoms with E-state index >= 15 is 0 Å². The van der Waals surface area contributed by atoms with Crippen LogP contribution in [0.2, 0.25) is 0 Å². The van der Waals surface area contributed by atoms with Crippen LogP contribution in [0.5, 0.6) is 0 Å². The van der Waals surface area contributed by atoms with Crippen molar-refractivity contribution < 1.29 is 19.4 Å². The molecule has 6 heteroatoms. The largest absolute Gasteiger partial charge is 0.481 e. The summed E-state index contributed by atoms with van der Waals surface area (Å²) in [5.74, 6) is -0.894. The van der Waals surface area contributed by atoms with Crippen molar-refractivity contribution >= 4 is 11.9 Å². The van der Waals surface area contributed by atoms with E-state index in [0.717, 1.165) is 25.7 Å². The Hall–Kier alpha value is -1.14. The molecular formula is C14H24N2O4. The molecule has 1 saturated heterocycles. The predicted octanol–water partition coefficient (Wildman–Crippen LogP) is 0.310. The van der Waals surface area contributed by atoms with Gasteiger partial charge in [-0.25, -0.2) is 0 Å². The van der Waals surface area contributed by atoms with Crippen molar-refractivity contribution in [3.05, 3.63) is 0 Å². The molecule has 1 amide bonds. The van der Waals surface area contributed by atoms with E-state index in [2.05, 4.69) is 0 Å². The SMILES string of the molecule is CN(C(=O)C1CCC(CN)CC1)C1COCC1C(=O)O. The Morgan fingerprint density at radius 3 is 2.45 bits per heavy atom. The summed E-state index contributed by atoms with van der Waals surface area (Å²) in [5.41, 5.74) is 5.66. The van der Waals surface area contributed by atoms with Crippen LogP contribution in [0.3, 0.4) is 0 Å². The number of carbonyl (C=O) groups is 2. The molecule has 2 unspecified atom stereocenters. The molecule has 2 atom stereocenters. The van der Waals surface area contributed by atoms with E-state index in [9.17, 15) is 9.59 Å². The highest BCUT2D eigenvalue weighted by Crippen LogP contribution is 2.30. The molecule has 1 aliphatic heterocycles. The van der Waals surface area contributed by atoms with Crippen LogP contribution in [0, 0.1) is 17.8 Å². The standard InChI is InChI=1S/C14H24N2O4/c1-16(12-8-20-7-11(12)14(18)19)13(17)10-4-2-9(6-15)3-5-10/h9-12H,2-8,15H2,1H3,(H,18,19). The van der Waals surface area contributed by atoms with Crippen molar-refractivity contribution in [3.8, 4) is 0 Å². The fourth-order valence-electron chi connectivity index (χ4n) is 3.26. The second-order valence-electron chi connectivity index (χ2n) is 5.95. The second kappa shape index (κ2) is 6.54. The minimum Gasteiger partial charge on any atom is -0.481 e. The highest BCUT2D eigenvalue weighted by Gasteiger charge is 2.40. The summed E-state index contributed by atoms with van der Waals surface area (Å²) < 4.78 is 5.23. The van der Waals surface area contributed by atoms with E-state index in [-0.39, 0.29) is 24.5 Å². The number of aliphatic carboxylic acids is 1. The molecule has 3 N–H and O–H groups in total. The van der Waals surface area contributed by atoms with Gasteiger partial charge in [0.05, 0.1) is 19.3 Å². The first-order valence-electron chi connectivity index (χ1n) is 7.31. The Balaban J connectivity index is 1.93. The third-order valence-corrected chi connectivity index (χ3v) is 4.74. The Morgan fingerprint density at radius 1 is 1.25 bits per heavy atom. The number of nitrogens with zero attached hydrogens (tertiary/aromatic N) is 1. The summed E-state index contributed by atoms with van der Waals surface area (Å²) in [5, 5.41) is 9.16. The number of likely N-dealkylation sites (N-methyl/N-ethyl adjacent to an activating group) is 1. The third-order valence-electron chi connectivity index (χ3n) is 4.74. The van der Waals surface area contributed by atoms with Crippen LogP contribution in [-0.2, 0) is 14.3 Å². The maximum atomic E-state index is 12.5. The van der Waals surface area contributed by atoms with Gasteiger partial charge in [0.2, 0.25) is 5.91 Å². The zero-order valence-corrected chi connectivity index (χ0v) is 12.0. The van der Waals surface area contributed by atoms with Gasteiger partial charge in [0.1, 0.15) is 5.92 Å². The molecule has 0 aromatic heterocycles. The fourth-order valence-corrected chi connectivity index (χ4v) is 3.26. The number of rotatable bonds is 4. The van der Waals surface area contributed by atoms with Crippen LogP contribution in [0.25, 0.3) is 0 Å². The van der Waals surface area contributed by atoms with E-state index < -0.39 is 11.9 Å². The van der Waals surface area contributed by atoms with E-state index in [1.54, 1.807) is 11.9 Å². The Bertz CT molecular complexity index is 366. The Labute approximate surface area is 119 Å². The number of carbonyl (C=O) groups excluding carboxylic acids is 1. The highest BCUT2D eigenvalue weighted by atomic mass is 16.5. The number of carboxylic acid groups (broad SMARTS) is 1. The zero-order chi connectivity index (χ0) is 14.7. The average Bonchev–Trinajstić information content (AvgIpc) is 2.95. The number of ether oxygens (including phenoxy) is 1. The monoisotopic (exact) mass is 284 g/mol. The van der Waals surface area contributed by atoms with E-state index in [0.29, 0.717) is 19.1 Å². The minimum absolute atomic E-state index is 0.0119. The molecule has 1 aliphatic carbocycles. The lowest BCUT2D eigenvalue weighted by Gasteiger charge is -2.33. The second-order valence-corrected chi connectivity index (χ2v) is 5.95. The maximum Gasteiger partial charge on any atom is 0.311 e. The van der Waals surface area contributed by atoms with Crippen LogP contribution in [0.1, 0.15) is 25.7 Å². The van der Waals surface area contributed by atoms with Gasteiger partial charge < -0.3 is 20.5 Å². The summed E-state index contributed by atoms with van der Waals surface area (Å²) >= 11 is 0. The first kappa shape index (κ1) is 15.3. The fraction of sp³-hybridized carbons (Fsp3) is 0.857. The van der Waals surface area contributed by atoms with Gasteiger partial charge in [0.25, 0.3) is 0 Å². The predicted molar refractivity (Wildman–Crippen MR) is 73.0 cm³/mol. The molecular weight excluding hydrogens is 260 g/mol. The van der Waals surface area contributed by atoms with Crippen molar-refractivity contribution in [3.63, 3.8) is 0 Å². The van der Waals surface area contributed by atoms with Crippen LogP contribution >= 0.6 is 0 Å². The normalized spacial score (nSPS) is 33.9. The van der Waals surface area contributed by atoms with E-state index in [1.807, 2.05) is 0 Å². The van der Waals surface area contributed by atoms with Crippen molar-refractivity contribution in [1.29, 1.82) is 0 Å². The molecule has 1 heterocycles. The Kier molecular flexibility index (Phi) is 4.99. The van der Waals surface area contributed by atoms with Gasteiger partial charge in [-0.1, -0.05) is 0 Å². The first-order chi connectivity index (χ1) is 9.54. The van der Waals surface area contributed by atoms with Crippen LogP contribution < -0.4 is 5.73 Å². The van der Waals surface area contributed by atoms with Gasteiger partial charge in [-0.3, -0.25) is 9.59 Å². The van der Waals surface area contributed by atoms with Crippen LogP contribution in [0.4, 0.5) is 0 Å². The number of carboxylic acids is 1. The molecule has 0 bridgehead atoms. The average molecular weight is 284 g/mol. The van der Waals surface area contributed by atoms with Gasteiger partial charge >= 0.3 is 5.97 Å². The van der Waals surface area contributed by atoms with Gasteiger partial charge in [0, 0.05) is 13.0 Å². The zero-order valence-electron chi connectivity index (χ0n) is 12.0. The molecule has 0 aromatic carbocycles. The summed E-state index contributed by atoms with van der Waals surface area (Å²) in [6.07, 6.45) is 3.70. The summed E-state index contributed by atoms with van der Waals surface area (Å²) in [7, 11) is 1.70. The summed E-state index contributed by atoms with van der Waals surface area (Å²) in [4.78, 5) is 25.3. The quantitative estimate of drug-likeness (QED) is 0.775. The lowest BCUT2D eigenvalue weighted by Crippen LogP contribution is -2.47. The number of hydrogen-bond acceptors (Lipinski definition) is 4. The molecule has 0 radical (unpaired) electrons. The lowest BCUT2D eigenvalue weighted by atomic mass is 9.81. The minimum atomic E-state index is -0.890. The third kappa shape index (κ3) is 3.12. The van der Waals surface area contributed by atoms with Gasteiger partial charge in [-0.15, -0.1) is 0 Å². The number of amides is 1. The van der Waals surface area contributed by atoms with Crippen molar-refractivity contribution in [2.45, 2.75) is 31.7 Å². The first-order valence-corrected chi connectivity index (χ1v) is 7.31. The van der Waals surface area contributed by atoms with Crippen molar-refractivity contribution in [2.24, 2.45) is 23.5 Å². The molecule has 114 valence electrons. The molecule has 1 saturated carbocycles. The molecule has 0 aromatic rings. The van der Waals surface area contributed by atoms with Gasteiger partial charge in [0.15, 0.2) is 0 Å².